The molecule has 0 bridgehead atoms. The Balaban J connectivity index is 0.00000338. The van der Waals surface area contributed by atoms with Gasteiger partial charge >= 0.3 is 5.97 Å². The van der Waals surface area contributed by atoms with Crippen LogP contribution >= 0.6 is 35.6 Å². The molecule has 0 aliphatic carbocycles. The molecule has 0 amide bonds. The third-order valence-electron chi connectivity index (χ3n) is 4.11. The Hall–Kier alpha value is -1.22. The van der Waals surface area contributed by atoms with E-state index in [0.29, 0.717) is 30.5 Å². The van der Waals surface area contributed by atoms with Gasteiger partial charge in [-0.2, -0.15) is 0 Å². The zero-order valence-electron chi connectivity index (χ0n) is 15.2. The van der Waals surface area contributed by atoms with Crippen LogP contribution in [0, 0.1) is 5.92 Å². The maximum atomic E-state index is 11.8. The first-order chi connectivity index (χ1) is 12.2. The van der Waals surface area contributed by atoms with Crippen LogP contribution in [0.4, 0.5) is 0 Å². The number of carbonyl (C=O) groups is 1. The SMILES string of the molecule is CCOC(=O)C1CCN(C(=NC)NCCOc2ccccc2Cl)CC1.I. The van der Waals surface area contributed by atoms with Crippen molar-refractivity contribution < 1.29 is 14.3 Å². The molecule has 8 heteroatoms. The van der Waals surface area contributed by atoms with E-state index in [1.54, 1.807) is 13.1 Å². The first-order valence-electron chi connectivity index (χ1n) is 8.65. The van der Waals surface area contributed by atoms with Crippen LogP contribution in [-0.2, 0) is 9.53 Å². The molecule has 0 unspecified atom stereocenters. The molecule has 1 saturated heterocycles. The molecule has 1 aliphatic heterocycles. The second kappa shape index (κ2) is 12.2. The quantitative estimate of drug-likeness (QED) is 0.216. The number of esters is 1. The number of hydrogen-bond acceptors (Lipinski definition) is 4. The monoisotopic (exact) mass is 495 g/mol. The van der Waals surface area contributed by atoms with Gasteiger partial charge < -0.3 is 19.7 Å². The fourth-order valence-corrected chi connectivity index (χ4v) is 3.00. The van der Waals surface area contributed by atoms with Gasteiger partial charge in [-0.15, -0.1) is 24.0 Å². The summed E-state index contributed by atoms with van der Waals surface area (Å²) in [5.74, 6) is 1.41. The number of nitrogens with zero attached hydrogens (tertiary/aromatic N) is 2. The number of para-hydroxylation sites is 1. The van der Waals surface area contributed by atoms with Crippen molar-refractivity contribution in [2.45, 2.75) is 19.8 Å². The molecule has 1 fully saturated rings. The zero-order valence-corrected chi connectivity index (χ0v) is 18.3. The normalized spacial score (nSPS) is 15.2. The average molecular weight is 496 g/mol. The van der Waals surface area contributed by atoms with Crippen molar-refractivity contribution >= 4 is 47.5 Å². The predicted molar refractivity (Wildman–Crippen MR) is 115 cm³/mol. The van der Waals surface area contributed by atoms with Crippen LogP contribution < -0.4 is 10.1 Å². The summed E-state index contributed by atoms with van der Waals surface area (Å²) in [6, 6.07) is 7.41. The number of benzene rings is 1. The second-order valence-electron chi connectivity index (χ2n) is 5.77. The van der Waals surface area contributed by atoms with Gasteiger partial charge in [0, 0.05) is 20.1 Å². The van der Waals surface area contributed by atoms with Crippen LogP contribution in [0.2, 0.25) is 5.02 Å². The first kappa shape index (κ1) is 22.8. The molecule has 1 aromatic rings. The molecule has 2 rings (SSSR count). The number of nitrogens with one attached hydrogen (secondary N) is 1. The number of hydrogen-bond donors (Lipinski definition) is 1. The number of likely N-dealkylation sites (tertiary alicyclic amines) is 1. The van der Waals surface area contributed by atoms with E-state index in [2.05, 4.69) is 15.2 Å². The number of aliphatic imine (C=N–C) groups is 1. The minimum absolute atomic E-state index is 0. The van der Waals surface area contributed by atoms with Crippen LogP contribution in [0.25, 0.3) is 0 Å². The van der Waals surface area contributed by atoms with E-state index in [9.17, 15) is 4.79 Å². The molecule has 26 heavy (non-hydrogen) atoms. The molecule has 6 nitrogen and oxygen atoms in total. The van der Waals surface area contributed by atoms with Gasteiger partial charge in [-0.3, -0.25) is 9.79 Å². The Morgan fingerprint density at radius 3 is 2.65 bits per heavy atom. The predicted octanol–water partition coefficient (Wildman–Crippen LogP) is 3.19. The Bertz CT molecular complexity index is 593. The van der Waals surface area contributed by atoms with Gasteiger partial charge in [-0.05, 0) is 31.9 Å². The van der Waals surface area contributed by atoms with Crippen LogP contribution in [0.5, 0.6) is 5.75 Å². The van der Waals surface area contributed by atoms with Crippen LogP contribution in [-0.4, -0.2) is 56.7 Å². The van der Waals surface area contributed by atoms with Crippen molar-refractivity contribution in [1.29, 1.82) is 0 Å². The largest absolute Gasteiger partial charge is 0.490 e. The standard InChI is InChI=1S/C18H26ClN3O3.HI/c1-3-24-17(23)14-8-11-22(12-9-14)18(20-2)21-10-13-25-16-7-5-4-6-15(16)19;/h4-7,14H,3,8-13H2,1-2H3,(H,20,21);1H. The van der Waals surface area contributed by atoms with Gasteiger partial charge in [0.1, 0.15) is 12.4 Å². The summed E-state index contributed by atoms with van der Waals surface area (Å²) in [5, 5.41) is 3.89. The number of carbonyl (C=O) groups excluding carboxylic acids is 1. The molecule has 146 valence electrons. The van der Waals surface area contributed by atoms with Gasteiger partial charge in [0.25, 0.3) is 0 Å². The average Bonchev–Trinajstić information content (AvgIpc) is 2.63. The van der Waals surface area contributed by atoms with Crippen molar-refractivity contribution in [2.75, 3.05) is 39.9 Å². The fourth-order valence-electron chi connectivity index (χ4n) is 2.80. The van der Waals surface area contributed by atoms with Gasteiger partial charge in [0.05, 0.1) is 24.1 Å². The molecule has 1 heterocycles. The highest BCUT2D eigenvalue weighted by molar-refractivity contribution is 14.0. The van der Waals surface area contributed by atoms with Crippen molar-refractivity contribution in [3.05, 3.63) is 29.3 Å². The molecular weight excluding hydrogens is 469 g/mol. The van der Waals surface area contributed by atoms with Gasteiger partial charge in [-0.25, -0.2) is 0 Å². The molecule has 1 aliphatic rings. The van der Waals surface area contributed by atoms with Gasteiger partial charge in [0.2, 0.25) is 0 Å². The smallest absolute Gasteiger partial charge is 0.309 e. The summed E-state index contributed by atoms with van der Waals surface area (Å²) in [5.41, 5.74) is 0. The van der Waals surface area contributed by atoms with Gasteiger partial charge in [-0.1, -0.05) is 23.7 Å². The van der Waals surface area contributed by atoms with Crippen molar-refractivity contribution in [3.8, 4) is 5.75 Å². The highest BCUT2D eigenvalue weighted by Gasteiger charge is 2.27. The lowest BCUT2D eigenvalue weighted by molar-refractivity contribution is -0.149. The van der Waals surface area contributed by atoms with E-state index in [4.69, 9.17) is 21.1 Å². The number of guanidine groups is 1. The third-order valence-corrected chi connectivity index (χ3v) is 4.42. The summed E-state index contributed by atoms with van der Waals surface area (Å²) >= 11 is 6.06. The molecule has 0 saturated carbocycles. The zero-order chi connectivity index (χ0) is 18.1. The Kier molecular flexibility index (Phi) is 10.7. The molecular formula is C18H27ClIN3O3. The minimum Gasteiger partial charge on any atom is -0.490 e. The Morgan fingerprint density at radius 1 is 1.35 bits per heavy atom. The summed E-state index contributed by atoms with van der Waals surface area (Å²) in [6.45, 7) is 4.96. The van der Waals surface area contributed by atoms with Gasteiger partial charge in [0.15, 0.2) is 5.96 Å². The highest BCUT2D eigenvalue weighted by atomic mass is 127. The topological polar surface area (TPSA) is 63.2 Å². The van der Waals surface area contributed by atoms with E-state index in [0.717, 1.165) is 31.9 Å². The van der Waals surface area contributed by atoms with E-state index < -0.39 is 0 Å². The molecule has 0 spiro atoms. The Morgan fingerprint density at radius 2 is 2.04 bits per heavy atom. The molecule has 0 atom stereocenters. The number of piperidine rings is 1. The first-order valence-corrected chi connectivity index (χ1v) is 9.03. The molecule has 1 aromatic carbocycles. The van der Waals surface area contributed by atoms with Crippen molar-refractivity contribution in [2.24, 2.45) is 10.9 Å². The summed E-state index contributed by atoms with van der Waals surface area (Å²) in [6.07, 6.45) is 1.57. The summed E-state index contributed by atoms with van der Waals surface area (Å²) < 4.78 is 10.8. The molecule has 1 N–H and O–H groups in total. The maximum Gasteiger partial charge on any atom is 0.309 e. The second-order valence-corrected chi connectivity index (χ2v) is 6.17. The number of rotatable bonds is 6. The number of ether oxygens (including phenoxy) is 2. The highest BCUT2D eigenvalue weighted by Crippen LogP contribution is 2.22. The summed E-state index contributed by atoms with van der Waals surface area (Å²) in [4.78, 5) is 18.3. The lowest BCUT2D eigenvalue weighted by atomic mass is 9.97. The lowest BCUT2D eigenvalue weighted by Gasteiger charge is -2.33. The molecule has 0 radical (unpaired) electrons. The van der Waals surface area contributed by atoms with E-state index >= 15 is 0 Å². The lowest BCUT2D eigenvalue weighted by Crippen LogP contribution is -2.47. The third kappa shape index (κ3) is 6.83. The van der Waals surface area contributed by atoms with E-state index in [-0.39, 0.29) is 35.9 Å². The van der Waals surface area contributed by atoms with Crippen LogP contribution in [0.1, 0.15) is 19.8 Å². The van der Waals surface area contributed by atoms with Crippen LogP contribution in [0.15, 0.2) is 29.3 Å². The van der Waals surface area contributed by atoms with Crippen molar-refractivity contribution in [3.63, 3.8) is 0 Å². The van der Waals surface area contributed by atoms with Crippen LogP contribution in [0.3, 0.4) is 0 Å². The van der Waals surface area contributed by atoms with Crippen molar-refractivity contribution in [1.82, 2.24) is 10.2 Å². The number of halogens is 2. The van der Waals surface area contributed by atoms with E-state index in [1.807, 2.05) is 25.1 Å². The summed E-state index contributed by atoms with van der Waals surface area (Å²) in [7, 11) is 1.76. The minimum atomic E-state index is -0.0850. The maximum absolute atomic E-state index is 11.8. The Labute approximate surface area is 177 Å². The molecule has 0 aromatic heterocycles. The van der Waals surface area contributed by atoms with E-state index in [1.165, 1.54) is 0 Å². The fraction of sp³-hybridized carbons (Fsp3) is 0.556.